The predicted molar refractivity (Wildman–Crippen MR) is 75.4 cm³/mol. The number of hydrogen-bond donors (Lipinski definition) is 2. The average Bonchev–Trinajstić information content (AvgIpc) is 2.42. The van der Waals surface area contributed by atoms with Crippen LogP contribution in [0.25, 0.3) is 0 Å². The maximum atomic E-state index is 9.32. The molecule has 1 heterocycles. The van der Waals surface area contributed by atoms with Crippen LogP contribution >= 0.6 is 0 Å². The lowest BCUT2D eigenvalue weighted by atomic mass is 9.70. The van der Waals surface area contributed by atoms with Gasteiger partial charge in [-0.3, -0.25) is 0 Å². The third-order valence-electron chi connectivity index (χ3n) is 5.19. The van der Waals surface area contributed by atoms with Crippen LogP contribution in [0, 0.1) is 17.3 Å². The maximum absolute atomic E-state index is 9.32. The number of aliphatic hydroxyl groups excluding tert-OH is 1. The van der Waals surface area contributed by atoms with Crippen molar-refractivity contribution in [2.75, 3.05) is 32.8 Å². The Balaban J connectivity index is 1.89. The van der Waals surface area contributed by atoms with Crippen molar-refractivity contribution in [3.63, 3.8) is 0 Å². The molecule has 2 fully saturated rings. The van der Waals surface area contributed by atoms with Gasteiger partial charge >= 0.3 is 0 Å². The van der Waals surface area contributed by atoms with Crippen molar-refractivity contribution in [2.24, 2.45) is 23.0 Å². The van der Waals surface area contributed by atoms with Crippen LogP contribution in [0.15, 0.2) is 0 Å². The summed E-state index contributed by atoms with van der Waals surface area (Å²) >= 11 is 0. The summed E-state index contributed by atoms with van der Waals surface area (Å²) in [5, 5.41) is 9.32. The predicted octanol–water partition coefficient (Wildman–Crippen LogP) is 1.85. The first-order valence-electron chi connectivity index (χ1n) is 7.71. The molecule has 3 N–H and O–H groups in total. The Bertz CT molecular complexity index is 249. The summed E-state index contributed by atoms with van der Waals surface area (Å²) in [7, 11) is 0. The number of piperidine rings is 1. The second-order valence-corrected chi connectivity index (χ2v) is 6.81. The largest absolute Gasteiger partial charge is 0.396 e. The number of aliphatic hydroxyl groups is 1. The number of rotatable bonds is 4. The van der Waals surface area contributed by atoms with E-state index in [9.17, 15) is 5.11 Å². The molecule has 106 valence electrons. The highest BCUT2D eigenvalue weighted by Crippen LogP contribution is 2.39. The van der Waals surface area contributed by atoms with Gasteiger partial charge in [0.1, 0.15) is 0 Å². The first-order valence-corrected chi connectivity index (χ1v) is 7.71. The van der Waals surface area contributed by atoms with Gasteiger partial charge in [-0.05, 0) is 56.0 Å². The van der Waals surface area contributed by atoms with Crippen LogP contribution in [0.1, 0.15) is 45.4 Å². The van der Waals surface area contributed by atoms with Gasteiger partial charge in [-0.1, -0.05) is 19.8 Å². The first kappa shape index (κ1) is 14.3. The van der Waals surface area contributed by atoms with Crippen LogP contribution in [0.3, 0.4) is 0 Å². The number of hydrogen-bond acceptors (Lipinski definition) is 3. The highest BCUT2D eigenvalue weighted by Gasteiger charge is 2.35. The second kappa shape index (κ2) is 6.36. The summed E-state index contributed by atoms with van der Waals surface area (Å²) in [5.74, 6) is 1.38. The van der Waals surface area contributed by atoms with E-state index in [4.69, 9.17) is 5.73 Å². The molecule has 0 aromatic rings. The zero-order valence-corrected chi connectivity index (χ0v) is 11.9. The molecule has 1 aliphatic heterocycles. The van der Waals surface area contributed by atoms with Gasteiger partial charge in [0.2, 0.25) is 0 Å². The van der Waals surface area contributed by atoms with Crippen molar-refractivity contribution < 1.29 is 5.11 Å². The molecule has 0 aromatic heterocycles. The van der Waals surface area contributed by atoms with Gasteiger partial charge < -0.3 is 15.7 Å². The van der Waals surface area contributed by atoms with Gasteiger partial charge in [-0.15, -0.1) is 0 Å². The van der Waals surface area contributed by atoms with Crippen LogP contribution in [0.2, 0.25) is 0 Å². The molecule has 0 aromatic carbocycles. The van der Waals surface area contributed by atoms with E-state index in [0.29, 0.717) is 17.9 Å². The molecule has 3 nitrogen and oxygen atoms in total. The molecule has 1 atom stereocenters. The summed E-state index contributed by atoms with van der Waals surface area (Å²) in [6.07, 6.45) is 7.71. The minimum atomic E-state index is 0.350. The molecule has 2 aliphatic rings. The van der Waals surface area contributed by atoms with E-state index in [1.54, 1.807) is 0 Å². The molecule has 18 heavy (non-hydrogen) atoms. The van der Waals surface area contributed by atoms with Gasteiger partial charge in [0.25, 0.3) is 0 Å². The van der Waals surface area contributed by atoms with E-state index >= 15 is 0 Å². The second-order valence-electron chi connectivity index (χ2n) is 6.81. The van der Waals surface area contributed by atoms with E-state index in [0.717, 1.165) is 25.6 Å². The van der Waals surface area contributed by atoms with E-state index in [-0.39, 0.29) is 0 Å². The molecular formula is C15H30N2O. The van der Waals surface area contributed by atoms with Crippen molar-refractivity contribution in [3.05, 3.63) is 0 Å². The molecule has 0 radical (unpaired) electrons. The van der Waals surface area contributed by atoms with Crippen LogP contribution in [0.5, 0.6) is 0 Å². The monoisotopic (exact) mass is 254 g/mol. The van der Waals surface area contributed by atoms with Crippen LogP contribution in [-0.4, -0.2) is 42.8 Å². The normalized spacial score (nSPS) is 38.8. The fourth-order valence-corrected chi connectivity index (χ4v) is 3.72. The molecule has 1 unspecified atom stereocenters. The zero-order valence-electron chi connectivity index (χ0n) is 11.9. The number of nitrogens with zero attached hydrogens (tertiary/aromatic N) is 1. The van der Waals surface area contributed by atoms with E-state index in [1.807, 2.05) is 0 Å². The molecule has 3 heteroatoms. The quantitative estimate of drug-likeness (QED) is 0.805. The van der Waals surface area contributed by atoms with Crippen LogP contribution < -0.4 is 5.73 Å². The number of nitrogens with two attached hydrogens (primary N) is 1. The molecule has 0 amide bonds. The molecule has 2 rings (SSSR count). The topological polar surface area (TPSA) is 49.5 Å². The van der Waals surface area contributed by atoms with E-state index in [1.165, 1.54) is 45.1 Å². The Morgan fingerprint density at radius 2 is 2.00 bits per heavy atom. The lowest BCUT2D eigenvalue weighted by molar-refractivity contribution is 0.0543. The van der Waals surface area contributed by atoms with Crippen molar-refractivity contribution >= 4 is 0 Å². The summed E-state index contributed by atoms with van der Waals surface area (Å²) in [5.41, 5.74) is 6.46. The standard InChI is InChI=1S/C15H30N2O/c1-13-4-6-15(11-16,7-5-13)12-17-8-2-3-14(9-17)10-18/h13-14,18H,2-12,16H2,1H3. The smallest absolute Gasteiger partial charge is 0.0471 e. The molecule has 1 aliphatic carbocycles. The van der Waals surface area contributed by atoms with Gasteiger partial charge in [0, 0.05) is 19.7 Å². The zero-order chi connectivity index (χ0) is 13.0. The minimum Gasteiger partial charge on any atom is -0.396 e. The van der Waals surface area contributed by atoms with Crippen LogP contribution in [-0.2, 0) is 0 Å². The minimum absolute atomic E-state index is 0.350. The molecule has 0 bridgehead atoms. The SMILES string of the molecule is CC1CCC(CN)(CN2CCCC(CO)C2)CC1. The van der Waals surface area contributed by atoms with Crippen LogP contribution in [0.4, 0.5) is 0 Å². The molecular weight excluding hydrogens is 224 g/mol. The average molecular weight is 254 g/mol. The summed E-state index contributed by atoms with van der Waals surface area (Å²) < 4.78 is 0. The van der Waals surface area contributed by atoms with Crippen molar-refractivity contribution in [1.82, 2.24) is 4.90 Å². The Hall–Kier alpha value is -0.120. The Labute approximate surface area is 112 Å². The van der Waals surface area contributed by atoms with Gasteiger partial charge in [0.05, 0.1) is 0 Å². The van der Waals surface area contributed by atoms with Crippen molar-refractivity contribution in [1.29, 1.82) is 0 Å². The third kappa shape index (κ3) is 3.46. The highest BCUT2D eigenvalue weighted by atomic mass is 16.3. The fraction of sp³-hybridized carbons (Fsp3) is 1.00. The fourth-order valence-electron chi connectivity index (χ4n) is 3.72. The summed E-state index contributed by atoms with van der Waals surface area (Å²) in [6, 6.07) is 0. The summed E-state index contributed by atoms with van der Waals surface area (Å²) in [6.45, 7) is 6.99. The van der Waals surface area contributed by atoms with Crippen molar-refractivity contribution in [2.45, 2.75) is 45.4 Å². The van der Waals surface area contributed by atoms with Gasteiger partial charge in [0.15, 0.2) is 0 Å². The number of likely N-dealkylation sites (tertiary alicyclic amines) is 1. The van der Waals surface area contributed by atoms with Gasteiger partial charge in [-0.25, -0.2) is 0 Å². The third-order valence-corrected chi connectivity index (χ3v) is 5.19. The lowest BCUT2D eigenvalue weighted by Gasteiger charge is -2.44. The Kier molecular flexibility index (Phi) is 5.05. The maximum Gasteiger partial charge on any atom is 0.0471 e. The Morgan fingerprint density at radius 3 is 2.61 bits per heavy atom. The molecule has 0 spiro atoms. The van der Waals surface area contributed by atoms with Gasteiger partial charge in [-0.2, -0.15) is 0 Å². The first-order chi connectivity index (χ1) is 8.67. The lowest BCUT2D eigenvalue weighted by Crippen LogP contribution is -2.48. The van der Waals surface area contributed by atoms with E-state index < -0.39 is 0 Å². The highest BCUT2D eigenvalue weighted by molar-refractivity contribution is 4.89. The summed E-state index contributed by atoms with van der Waals surface area (Å²) in [4.78, 5) is 2.56. The molecule has 1 saturated heterocycles. The Morgan fingerprint density at radius 1 is 1.28 bits per heavy atom. The van der Waals surface area contributed by atoms with Crippen molar-refractivity contribution in [3.8, 4) is 0 Å². The van der Waals surface area contributed by atoms with E-state index in [2.05, 4.69) is 11.8 Å². The molecule has 1 saturated carbocycles.